The van der Waals surface area contributed by atoms with Gasteiger partial charge in [0.25, 0.3) is 5.91 Å². The molecule has 1 aliphatic rings. The van der Waals surface area contributed by atoms with Gasteiger partial charge in [-0.25, -0.2) is 0 Å². The number of anilines is 1. The molecule has 1 aliphatic heterocycles. The number of nitrogens with zero attached hydrogens (tertiary/aromatic N) is 2. The highest BCUT2D eigenvalue weighted by Gasteiger charge is 2.21. The zero-order valence-corrected chi connectivity index (χ0v) is 18.2. The van der Waals surface area contributed by atoms with E-state index in [-0.39, 0.29) is 30.7 Å². The van der Waals surface area contributed by atoms with Gasteiger partial charge in [-0.2, -0.15) is 0 Å². The Morgan fingerprint density at radius 2 is 1.74 bits per heavy atom. The number of nitrogens with one attached hydrogen (secondary N) is 1. The summed E-state index contributed by atoms with van der Waals surface area (Å²) >= 11 is 6.05. The molecule has 1 fully saturated rings. The molecule has 0 aromatic heterocycles. The lowest BCUT2D eigenvalue weighted by Gasteiger charge is -2.36. The van der Waals surface area contributed by atoms with Gasteiger partial charge in [-0.3, -0.25) is 14.4 Å². The molecule has 31 heavy (non-hydrogen) atoms. The number of piperazine rings is 1. The molecule has 1 heterocycles. The summed E-state index contributed by atoms with van der Waals surface area (Å²) in [6.45, 7) is 4.12. The lowest BCUT2D eigenvalue weighted by Crippen LogP contribution is -2.51. The number of hydrogen-bond acceptors (Lipinski definition) is 5. The molecule has 3 rings (SSSR count). The van der Waals surface area contributed by atoms with Gasteiger partial charge in [0.05, 0.1) is 6.54 Å². The summed E-state index contributed by atoms with van der Waals surface area (Å²) in [6, 6.07) is 14.3. The average molecular weight is 444 g/mol. The largest absolute Gasteiger partial charge is 0.484 e. The Hall–Kier alpha value is -3.06. The van der Waals surface area contributed by atoms with Gasteiger partial charge in [-0.15, -0.1) is 0 Å². The fourth-order valence-corrected chi connectivity index (χ4v) is 3.50. The van der Waals surface area contributed by atoms with Gasteiger partial charge in [0.2, 0.25) is 5.91 Å². The number of hydrogen-bond donors (Lipinski definition) is 1. The predicted octanol–water partition coefficient (Wildman–Crippen LogP) is 2.78. The molecular weight excluding hydrogens is 418 g/mol. The smallest absolute Gasteiger partial charge is 0.258 e. The number of carbonyl (C=O) groups excluding carboxylic acids is 3. The van der Waals surface area contributed by atoms with Gasteiger partial charge >= 0.3 is 0 Å². The number of halogens is 1. The van der Waals surface area contributed by atoms with E-state index in [1.54, 1.807) is 36.1 Å². The summed E-state index contributed by atoms with van der Waals surface area (Å²) in [6.07, 6.45) is 0.437. The topological polar surface area (TPSA) is 78.9 Å². The Morgan fingerprint density at radius 3 is 2.39 bits per heavy atom. The van der Waals surface area contributed by atoms with Crippen LogP contribution in [0.4, 0.5) is 5.69 Å². The maximum absolute atomic E-state index is 12.4. The summed E-state index contributed by atoms with van der Waals surface area (Å²) < 4.78 is 5.42. The lowest BCUT2D eigenvalue weighted by molar-refractivity contribution is -0.133. The van der Waals surface area contributed by atoms with E-state index in [0.29, 0.717) is 48.9 Å². The molecule has 164 valence electrons. The third kappa shape index (κ3) is 6.46. The van der Waals surface area contributed by atoms with Crippen molar-refractivity contribution < 1.29 is 19.1 Å². The van der Waals surface area contributed by atoms with Crippen LogP contribution in [0.1, 0.15) is 23.7 Å². The van der Waals surface area contributed by atoms with Crippen molar-refractivity contribution in [2.24, 2.45) is 0 Å². The van der Waals surface area contributed by atoms with Crippen molar-refractivity contribution in [2.45, 2.75) is 13.3 Å². The summed E-state index contributed by atoms with van der Waals surface area (Å²) in [5.41, 5.74) is 1.65. The van der Waals surface area contributed by atoms with Gasteiger partial charge < -0.3 is 19.9 Å². The van der Waals surface area contributed by atoms with E-state index in [9.17, 15) is 14.4 Å². The maximum Gasteiger partial charge on any atom is 0.258 e. The highest BCUT2D eigenvalue weighted by Crippen LogP contribution is 2.20. The molecule has 2 amide bonds. The fraction of sp³-hybridized carbons (Fsp3) is 0.348. The van der Waals surface area contributed by atoms with Crippen LogP contribution in [0.5, 0.6) is 5.75 Å². The van der Waals surface area contributed by atoms with E-state index in [0.717, 1.165) is 5.69 Å². The molecule has 0 atom stereocenters. The minimum Gasteiger partial charge on any atom is -0.484 e. The highest BCUT2D eigenvalue weighted by atomic mass is 35.5. The van der Waals surface area contributed by atoms with E-state index >= 15 is 0 Å². The summed E-state index contributed by atoms with van der Waals surface area (Å²) in [5, 5.41) is 3.29. The van der Waals surface area contributed by atoms with Crippen LogP contribution in [0, 0.1) is 0 Å². The number of benzene rings is 2. The molecule has 0 saturated carbocycles. The summed E-state index contributed by atoms with van der Waals surface area (Å²) in [7, 11) is 0. The first-order valence-electron chi connectivity index (χ1n) is 10.3. The van der Waals surface area contributed by atoms with Crippen LogP contribution < -0.4 is 15.0 Å². The molecule has 2 aromatic carbocycles. The maximum atomic E-state index is 12.4. The van der Waals surface area contributed by atoms with E-state index in [4.69, 9.17) is 16.3 Å². The van der Waals surface area contributed by atoms with Crippen molar-refractivity contribution in [1.82, 2.24) is 10.2 Å². The molecule has 0 aliphatic carbocycles. The normalized spacial score (nSPS) is 13.6. The zero-order chi connectivity index (χ0) is 22.2. The minimum absolute atomic E-state index is 0.0520. The standard InChI is InChI=1S/C23H26ClN3O4/c1-2-21(28)17-6-8-20(9-7-17)31-16-22(29)25-15-23(30)27-12-10-26(11-13-27)19-5-3-4-18(24)14-19/h3-9,14H,2,10-13,15-16H2,1H3,(H,25,29). The van der Waals surface area contributed by atoms with Crippen LogP contribution in [0.2, 0.25) is 5.02 Å². The SMILES string of the molecule is CCC(=O)c1ccc(OCC(=O)NCC(=O)N2CCN(c3cccc(Cl)c3)CC2)cc1. The average Bonchev–Trinajstić information content (AvgIpc) is 2.81. The Balaban J connectivity index is 1.37. The molecule has 0 bridgehead atoms. The Morgan fingerprint density at radius 1 is 1.03 bits per heavy atom. The van der Waals surface area contributed by atoms with Crippen molar-refractivity contribution in [3.8, 4) is 5.75 Å². The number of amides is 2. The van der Waals surface area contributed by atoms with Crippen LogP contribution in [0.25, 0.3) is 0 Å². The van der Waals surface area contributed by atoms with Crippen LogP contribution in [-0.4, -0.2) is 61.8 Å². The number of Topliss-reactive ketones (excluding diaryl/α,β-unsaturated/α-hetero) is 1. The van der Waals surface area contributed by atoms with Gasteiger partial charge in [0.15, 0.2) is 12.4 Å². The highest BCUT2D eigenvalue weighted by molar-refractivity contribution is 6.30. The molecule has 2 aromatic rings. The first-order chi connectivity index (χ1) is 15.0. The molecule has 0 radical (unpaired) electrons. The van der Waals surface area contributed by atoms with Crippen molar-refractivity contribution in [3.05, 3.63) is 59.1 Å². The Labute approximate surface area is 186 Å². The van der Waals surface area contributed by atoms with Crippen LogP contribution in [-0.2, 0) is 9.59 Å². The Bertz CT molecular complexity index is 925. The van der Waals surface area contributed by atoms with Crippen molar-refractivity contribution in [3.63, 3.8) is 0 Å². The van der Waals surface area contributed by atoms with Crippen LogP contribution >= 0.6 is 11.6 Å². The first kappa shape index (κ1) is 22.6. The number of ketones is 1. The molecule has 1 saturated heterocycles. The van der Waals surface area contributed by atoms with Gasteiger partial charge in [0.1, 0.15) is 5.75 Å². The molecule has 0 unspecified atom stereocenters. The van der Waals surface area contributed by atoms with E-state index in [1.165, 1.54) is 0 Å². The van der Waals surface area contributed by atoms with Crippen LogP contribution in [0.15, 0.2) is 48.5 Å². The van der Waals surface area contributed by atoms with E-state index in [2.05, 4.69) is 10.2 Å². The summed E-state index contributed by atoms with van der Waals surface area (Å²) in [5.74, 6) is 0.0450. The molecular formula is C23H26ClN3O4. The van der Waals surface area contributed by atoms with Gasteiger partial charge in [-0.05, 0) is 42.5 Å². The Kier molecular flexibility index (Phi) is 7.89. The van der Waals surface area contributed by atoms with Crippen LogP contribution in [0.3, 0.4) is 0 Å². The molecule has 0 spiro atoms. The zero-order valence-electron chi connectivity index (χ0n) is 17.5. The monoisotopic (exact) mass is 443 g/mol. The number of ether oxygens (including phenoxy) is 1. The molecule has 7 nitrogen and oxygen atoms in total. The number of rotatable bonds is 8. The van der Waals surface area contributed by atoms with Gasteiger partial charge in [0, 0.05) is 48.9 Å². The minimum atomic E-state index is -0.375. The van der Waals surface area contributed by atoms with Crippen molar-refractivity contribution >= 4 is 34.9 Å². The second-order valence-electron chi connectivity index (χ2n) is 7.21. The van der Waals surface area contributed by atoms with Crippen molar-refractivity contribution in [2.75, 3.05) is 44.2 Å². The summed E-state index contributed by atoms with van der Waals surface area (Å²) in [4.78, 5) is 40.0. The van der Waals surface area contributed by atoms with E-state index < -0.39 is 0 Å². The molecule has 8 heteroatoms. The lowest BCUT2D eigenvalue weighted by atomic mass is 10.1. The van der Waals surface area contributed by atoms with E-state index in [1.807, 2.05) is 24.3 Å². The first-order valence-corrected chi connectivity index (χ1v) is 10.6. The quantitative estimate of drug-likeness (QED) is 0.635. The number of carbonyl (C=O) groups is 3. The third-order valence-electron chi connectivity index (χ3n) is 5.11. The third-order valence-corrected chi connectivity index (χ3v) is 5.34. The predicted molar refractivity (Wildman–Crippen MR) is 120 cm³/mol. The second-order valence-corrected chi connectivity index (χ2v) is 7.65. The fourth-order valence-electron chi connectivity index (χ4n) is 3.31. The van der Waals surface area contributed by atoms with Crippen molar-refractivity contribution in [1.29, 1.82) is 0 Å². The van der Waals surface area contributed by atoms with Gasteiger partial charge in [-0.1, -0.05) is 24.6 Å². The molecule has 1 N–H and O–H groups in total. The second kappa shape index (κ2) is 10.8.